The van der Waals surface area contributed by atoms with Crippen LogP contribution < -0.4 is 10.6 Å². The Kier molecular flexibility index (Phi) is 4.01. The number of nitrogens with one attached hydrogen (secondary N) is 2. The first-order valence-corrected chi connectivity index (χ1v) is 6.12. The molecular weight excluding hydrogens is 206 g/mol. The lowest BCUT2D eigenvalue weighted by Crippen LogP contribution is -2.54. The van der Waals surface area contributed by atoms with Crippen LogP contribution in [0.2, 0.25) is 0 Å². The fourth-order valence-corrected chi connectivity index (χ4v) is 2.15. The lowest BCUT2D eigenvalue weighted by atomic mass is 10.0. The predicted molar refractivity (Wildman–Crippen MR) is 61.4 cm³/mol. The van der Waals surface area contributed by atoms with Gasteiger partial charge in [0.2, 0.25) is 0 Å². The summed E-state index contributed by atoms with van der Waals surface area (Å²) in [5, 5.41) is 6.46. The molecule has 5 heteroatoms. The summed E-state index contributed by atoms with van der Waals surface area (Å²) < 4.78 is 5.22. The van der Waals surface area contributed by atoms with Crippen LogP contribution in [-0.2, 0) is 4.74 Å². The monoisotopic (exact) mass is 227 g/mol. The van der Waals surface area contributed by atoms with Gasteiger partial charge in [0.05, 0.1) is 13.2 Å². The summed E-state index contributed by atoms with van der Waals surface area (Å²) in [6.45, 7) is 5.81. The molecule has 2 rings (SSSR count). The fourth-order valence-electron chi connectivity index (χ4n) is 2.15. The number of carbonyl (C=O) groups excluding carboxylic acids is 1. The van der Waals surface area contributed by atoms with E-state index in [-0.39, 0.29) is 12.1 Å². The Labute approximate surface area is 96.5 Å². The van der Waals surface area contributed by atoms with Gasteiger partial charge in [-0.2, -0.15) is 0 Å². The molecule has 92 valence electrons. The Balaban J connectivity index is 1.73. The molecule has 2 aliphatic heterocycles. The van der Waals surface area contributed by atoms with Gasteiger partial charge in [-0.25, -0.2) is 4.79 Å². The maximum atomic E-state index is 11.9. The summed E-state index contributed by atoms with van der Waals surface area (Å²) in [6.07, 6.45) is 2.21. The van der Waals surface area contributed by atoms with Crippen LogP contribution in [0.25, 0.3) is 0 Å². The average molecular weight is 227 g/mol. The van der Waals surface area contributed by atoms with Gasteiger partial charge in [-0.3, -0.25) is 0 Å². The van der Waals surface area contributed by atoms with Crippen LogP contribution in [0.15, 0.2) is 0 Å². The third-order valence-corrected chi connectivity index (χ3v) is 3.29. The molecule has 5 nitrogen and oxygen atoms in total. The Morgan fingerprint density at radius 2 is 2.12 bits per heavy atom. The van der Waals surface area contributed by atoms with E-state index in [4.69, 9.17) is 4.74 Å². The summed E-state index contributed by atoms with van der Waals surface area (Å²) in [6, 6.07) is 0.924. The van der Waals surface area contributed by atoms with Crippen molar-refractivity contribution in [3.63, 3.8) is 0 Å². The first-order valence-electron chi connectivity index (χ1n) is 6.12. The van der Waals surface area contributed by atoms with Crippen molar-refractivity contribution in [1.82, 2.24) is 15.5 Å². The van der Waals surface area contributed by atoms with Gasteiger partial charge in [0.25, 0.3) is 0 Å². The van der Waals surface area contributed by atoms with E-state index >= 15 is 0 Å². The van der Waals surface area contributed by atoms with Gasteiger partial charge in [0.1, 0.15) is 0 Å². The first-order chi connectivity index (χ1) is 7.75. The van der Waals surface area contributed by atoms with Crippen LogP contribution in [0.1, 0.15) is 19.8 Å². The van der Waals surface area contributed by atoms with Crippen LogP contribution in [0.5, 0.6) is 0 Å². The Morgan fingerprint density at radius 1 is 1.38 bits per heavy atom. The van der Waals surface area contributed by atoms with Crippen LogP contribution in [0, 0.1) is 0 Å². The molecule has 2 saturated heterocycles. The van der Waals surface area contributed by atoms with Crippen molar-refractivity contribution in [3.8, 4) is 0 Å². The summed E-state index contributed by atoms with van der Waals surface area (Å²) >= 11 is 0. The van der Waals surface area contributed by atoms with Crippen molar-refractivity contribution in [2.24, 2.45) is 0 Å². The molecule has 2 fully saturated rings. The molecule has 16 heavy (non-hydrogen) atoms. The van der Waals surface area contributed by atoms with Gasteiger partial charge in [-0.05, 0) is 19.8 Å². The van der Waals surface area contributed by atoms with Gasteiger partial charge in [-0.15, -0.1) is 0 Å². The first kappa shape index (κ1) is 11.7. The van der Waals surface area contributed by atoms with E-state index in [9.17, 15) is 4.79 Å². The van der Waals surface area contributed by atoms with E-state index in [1.807, 2.05) is 4.90 Å². The average Bonchev–Trinajstić information content (AvgIpc) is 2.33. The molecule has 2 heterocycles. The van der Waals surface area contributed by atoms with Crippen LogP contribution in [0.4, 0.5) is 4.79 Å². The molecule has 2 atom stereocenters. The van der Waals surface area contributed by atoms with Gasteiger partial charge in [0, 0.05) is 31.7 Å². The molecule has 0 aromatic carbocycles. The smallest absolute Gasteiger partial charge is 0.317 e. The SMILES string of the molecule is CC1CCC(NC(=O)N2CCOCC2)CN1. The number of ether oxygens (including phenoxy) is 1. The molecular formula is C11H21N3O2. The van der Waals surface area contributed by atoms with Crippen molar-refractivity contribution in [3.05, 3.63) is 0 Å². The van der Waals surface area contributed by atoms with Crippen molar-refractivity contribution in [1.29, 1.82) is 0 Å². The second-order valence-electron chi connectivity index (χ2n) is 4.63. The molecule has 2 aliphatic rings. The zero-order valence-electron chi connectivity index (χ0n) is 9.87. The highest BCUT2D eigenvalue weighted by Gasteiger charge is 2.22. The second kappa shape index (κ2) is 5.50. The number of morpholine rings is 1. The number of amides is 2. The Morgan fingerprint density at radius 3 is 2.75 bits per heavy atom. The number of urea groups is 1. The van der Waals surface area contributed by atoms with Crippen molar-refractivity contribution >= 4 is 6.03 Å². The van der Waals surface area contributed by atoms with Crippen LogP contribution in [-0.4, -0.2) is 55.9 Å². The molecule has 0 aliphatic carbocycles. The topological polar surface area (TPSA) is 53.6 Å². The van der Waals surface area contributed by atoms with Gasteiger partial charge < -0.3 is 20.3 Å². The summed E-state index contributed by atoms with van der Waals surface area (Å²) in [4.78, 5) is 13.7. The summed E-state index contributed by atoms with van der Waals surface area (Å²) in [5.41, 5.74) is 0. The van der Waals surface area contributed by atoms with Gasteiger partial charge in [-0.1, -0.05) is 0 Å². The summed E-state index contributed by atoms with van der Waals surface area (Å²) in [5.74, 6) is 0. The molecule has 0 bridgehead atoms. The Hall–Kier alpha value is -0.810. The molecule has 0 spiro atoms. The van der Waals surface area contributed by atoms with E-state index in [0.29, 0.717) is 32.3 Å². The molecule has 2 amide bonds. The highest BCUT2D eigenvalue weighted by atomic mass is 16.5. The minimum absolute atomic E-state index is 0.0599. The zero-order valence-corrected chi connectivity index (χ0v) is 9.87. The van der Waals surface area contributed by atoms with Crippen LogP contribution in [0.3, 0.4) is 0 Å². The standard InChI is InChI=1S/C11H21N3O2/c1-9-2-3-10(8-12-9)13-11(15)14-4-6-16-7-5-14/h9-10,12H,2-8H2,1H3,(H,13,15). The van der Waals surface area contributed by atoms with E-state index in [0.717, 1.165) is 19.4 Å². The largest absolute Gasteiger partial charge is 0.378 e. The lowest BCUT2D eigenvalue weighted by molar-refractivity contribution is 0.0522. The third-order valence-electron chi connectivity index (χ3n) is 3.29. The van der Waals surface area contributed by atoms with E-state index < -0.39 is 0 Å². The number of nitrogens with zero attached hydrogens (tertiary/aromatic N) is 1. The van der Waals surface area contributed by atoms with Crippen LogP contribution >= 0.6 is 0 Å². The molecule has 0 aromatic heterocycles. The fraction of sp³-hybridized carbons (Fsp3) is 0.909. The van der Waals surface area contributed by atoms with Gasteiger partial charge >= 0.3 is 6.03 Å². The maximum Gasteiger partial charge on any atom is 0.317 e. The maximum absolute atomic E-state index is 11.9. The van der Waals surface area contributed by atoms with Gasteiger partial charge in [0.15, 0.2) is 0 Å². The molecule has 0 radical (unpaired) electrons. The van der Waals surface area contributed by atoms with E-state index in [1.54, 1.807) is 0 Å². The number of hydrogen-bond donors (Lipinski definition) is 2. The molecule has 0 saturated carbocycles. The zero-order chi connectivity index (χ0) is 11.4. The number of carbonyl (C=O) groups is 1. The predicted octanol–water partition coefficient (Wildman–Crippen LogP) is 0.169. The highest BCUT2D eigenvalue weighted by Crippen LogP contribution is 2.08. The Bertz CT molecular complexity index is 233. The minimum atomic E-state index is 0.0599. The number of rotatable bonds is 1. The highest BCUT2D eigenvalue weighted by molar-refractivity contribution is 5.74. The molecule has 2 unspecified atom stereocenters. The van der Waals surface area contributed by atoms with E-state index in [1.165, 1.54) is 0 Å². The van der Waals surface area contributed by atoms with E-state index in [2.05, 4.69) is 17.6 Å². The molecule has 0 aromatic rings. The second-order valence-corrected chi connectivity index (χ2v) is 4.63. The van der Waals surface area contributed by atoms with Crippen molar-refractivity contribution in [2.75, 3.05) is 32.8 Å². The molecule has 2 N–H and O–H groups in total. The minimum Gasteiger partial charge on any atom is -0.378 e. The van der Waals surface area contributed by atoms with Crippen molar-refractivity contribution < 1.29 is 9.53 Å². The number of hydrogen-bond acceptors (Lipinski definition) is 3. The summed E-state index contributed by atoms with van der Waals surface area (Å²) in [7, 11) is 0. The third kappa shape index (κ3) is 3.09. The lowest BCUT2D eigenvalue weighted by Gasteiger charge is -2.32. The van der Waals surface area contributed by atoms with Crippen molar-refractivity contribution in [2.45, 2.75) is 31.8 Å². The normalized spacial score (nSPS) is 31.2. The number of piperidine rings is 1. The quantitative estimate of drug-likeness (QED) is 0.671.